The third-order valence-corrected chi connectivity index (χ3v) is 3.92. The Morgan fingerprint density at radius 2 is 2.05 bits per heavy atom. The highest BCUT2D eigenvalue weighted by molar-refractivity contribution is 6.30. The van der Waals surface area contributed by atoms with E-state index in [1.807, 2.05) is 12.1 Å². The molecule has 0 amide bonds. The number of para-hydroxylation sites is 1. The number of rotatable bonds is 2. The zero-order valence-electron chi connectivity index (χ0n) is 11.0. The molecule has 2 N–H and O–H groups in total. The van der Waals surface area contributed by atoms with Crippen molar-refractivity contribution in [3.05, 3.63) is 64.4 Å². The molecule has 0 saturated carbocycles. The van der Waals surface area contributed by atoms with Gasteiger partial charge in [0.15, 0.2) is 0 Å². The van der Waals surface area contributed by atoms with Gasteiger partial charge in [-0.2, -0.15) is 0 Å². The molecule has 0 bridgehead atoms. The Morgan fingerprint density at radius 1 is 1.25 bits per heavy atom. The van der Waals surface area contributed by atoms with Gasteiger partial charge in [-0.05, 0) is 35.7 Å². The minimum absolute atomic E-state index is 0.126. The van der Waals surface area contributed by atoms with Crippen molar-refractivity contribution >= 4 is 17.3 Å². The summed E-state index contributed by atoms with van der Waals surface area (Å²) in [5, 5.41) is 0.164. The molecule has 20 heavy (non-hydrogen) atoms. The highest BCUT2D eigenvalue weighted by Gasteiger charge is 2.21. The van der Waals surface area contributed by atoms with Crippen LogP contribution in [0.15, 0.2) is 42.5 Å². The van der Waals surface area contributed by atoms with Gasteiger partial charge in [0.25, 0.3) is 0 Å². The van der Waals surface area contributed by atoms with Crippen LogP contribution in [0.2, 0.25) is 5.02 Å². The van der Waals surface area contributed by atoms with Crippen molar-refractivity contribution in [3.8, 4) is 0 Å². The molecule has 0 aliphatic carbocycles. The third kappa shape index (κ3) is 2.65. The molecular formula is C16H16ClFN2. The summed E-state index contributed by atoms with van der Waals surface area (Å²) in [6.45, 7) is 1.48. The van der Waals surface area contributed by atoms with Gasteiger partial charge >= 0.3 is 0 Å². The van der Waals surface area contributed by atoms with E-state index in [0.717, 1.165) is 18.5 Å². The standard InChI is InChI=1S/C16H16ClFN2/c17-14-7-11(5-6-15(14)18)9-20-10-13(19)8-12-3-1-2-4-16(12)20/h1-7,13H,8-10,19H2. The van der Waals surface area contributed by atoms with E-state index in [0.29, 0.717) is 6.54 Å². The maximum atomic E-state index is 13.2. The predicted octanol–water partition coefficient (Wildman–Crippen LogP) is 3.37. The van der Waals surface area contributed by atoms with Gasteiger partial charge < -0.3 is 10.6 Å². The van der Waals surface area contributed by atoms with Crippen LogP contribution in [-0.4, -0.2) is 12.6 Å². The fourth-order valence-corrected chi connectivity index (χ4v) is 2.93. The minimum atomic E-state index is -0.383. The second-order valence-corrected chi connectivity index (χ2v) is 5.63. The Bertz CT molecular complexity index is 630. The summed E-state index contributed by atoms with van der Waals surface area (Å²) in [7, 11) is 0. The molecule has 2 nitrogen and oxygen atoms in total. The van der Waals surface area contributed by atoms with Gasteiger partial charge in [-0.1, -0.05) is 35.9 Å². The fourth-order valence-electron chi connectivity index (χ4n) is 2.73. The summed E-state index contributed by atoms with van der Waals surface area (Å²) in [4.78, 5) is 2.23. The SMILES string of the molecule is NC1Cc2ccccc2N(Cc2ccc(F)c(Cl)c2)C1. The summed E-state index contributed by atoms with van der Waals surface area (Å²) in [6, 6.07) is 13.3. The van der Waals surface area contributed by atoms with Crippen LogP contribution >= 0.6 is 11.6 Å². The molecule has 2 aromatic rings. The van der Waals surface area contributed by atoms with Crippen molar-refractivity contribution < 1.29 is 4.39 Å². The molecule has 0 fully saturated rings. The first kappa shape index (κ1) is 13.4. The third-order valence-electron chi connectivity index (χ3n) is 3.63. The van der Waals surface area contributed by atoms with E-state index < -0.39 is 0 Å². The lowest BCUT2D eigenvalue weighted by Gasteiger charge is -2.34. The van der Waals surface area contributed by atoms with Gasteiger partial charge in [0.2, 0.25) is 0 Å². The first-order valence-electron chi connectivity index (χ1n) is 6.66. The molecule has 0 aromatic heterocycles. The highest BCUT2D eigenvalue weighted by Crippen LogP contribution is 2.28. The number of hydrogen-bond acceptors (Lipinski definition) is 2. The van der Waals surface area contributed by atoms with Crippen molar-refractivity contribution in [1.29, 1.82) is 0 Å². The number of benzene rings is 2. The molecule has 0 radical (unpaired) electrons. The molecule has 1 atom stereocenters. The Morgan fingerprint density at radius 3 is 2.85 bits per heavy atom. The van der Waals surface area contributed by atoms with E-state index in [9.17, 15) is 4.39 Å². The fraction of sp³-hybridized carbons (Fsp3) is 0.250. The van der Waals surface area contributed by atoms with Gasteiger partial charge in [-0.3, -0.25) is 0 Å². The van der Waals surface area contributed by atoms with Crippen molar-refractivity contribution in [2.75, 3.05) is 11.4 Å². The van der Waals surface area contributed by atoms with Crippen LogP contribution in [0.1, 0.15) is 11.1 Å². The van der Waals surface area contributed by atoms with E-state index in [4.69, 9.17) is 17.3 Å². The first-order valence-corrected chi connectivity index (χ1v) is 7.03. The molecule has 1 aliphatic rings. The van der Waals surface area contributed by atoms with Gasteiger partial charge in [0.05, 0.1) is 5.02 Å². The summed E-state index contributed by atoms with van der Waals surface area (Å²) in [5.74, 6) is -0.383. The van der Waals surface area contributed by atoms with E-state index >= 15 is 0 Å². The lowest BCUT2D eigenvalue weighted by Crippen LogP contribution is -2.42. The van der Waals surface area contributed by atoms with Gasteiger partial charge in [-0.15, -0.1) is 0 Å². The Labute approximate surface area is 123 Å². The van der Waals surface area contributed by atoms with Crippen molar-refractivity contribution in [2.45, 2.75) is 19.0 Å². The molecule has 0 spiro atoms. The molecular weight excluding hydrogens is 275 g/mol. The number of nitrogens with two attached hydrogens (primary N) is 1. The second kappa shape index (κ2) is 5.43. The van der Waals surface area contributed by atoms with E-state index in [1.165, 1.54) is 17.3 Å². The topological polar surface area (TPSA) is 29.3 Å². The first-order chi connectivity index (χ1) is 9.63. The Kier molecular flexibility index (Phi) is 3.64. The monoisotopic (exact) mass is 290 g/mol. The minimum Gasteiger partial charge on any atom is -0.365 e. The average Bonchev–Trinajstić information content (AvgIpc) is 2.43. The highest BCUT2D eigenvalue weighted by atomic mass is 35.5. The predicted molar refractivity (Wildman–Crippen MR) is 80.6 cm³/mol. The molecule has 1 unspecified atom stereocenters. The number of fused-ring (bicyclic) bond motifs is 1. The molecule has 1 aliphatic heterocycles. The van der Waals surface area contributed by atoms with Crippen LogP contribution < -0.4 is 10.6 Å². The number of hydrogen-bond donors (Lipinski definition) is 1. The average molecular weight is 291 g/mol. The lowest BCUT2D eigenvalue weighted by atomic mass is 9.98. The number of anilines is 1. The molecule has 2 aromatic carbocycles. The van der Waals surface area contributed by atoms with Crippen LogP contribution in [0.5, 0.6) is 0 Å². The summed E-state index contributed by atoms with van der Waals surface area (Å²) in [6.07, 6.45) is 0.900. The van der Waals surface area contributed by atoms with Crippen LogP contribution in [0.4, 0.5) is 10.1 Å². The van der Waals surface area contributed by atoms with Crippen molar-refractivity contribution in [2.24, 2.45) is 5.73 Å². The number of nitrogens with zero attached hydrogens (tertiary/aromatic N) is 1. The summed E-state index contributed by atoms with van der Waals surface area (Å²) < 4.78 is 13.2. The molecule has 0 saturated heterocycles. The van der Waals surface area contributed by atoms with Crippen molar-refractivity contribution in [3.63, 3.8) is 0 Å². The maximum Gasteiger partial charge on any atom is 0.141 e. The number of halogens is 2. The Balaban J connectivity index is 1.89. The van der Waals surface area contributed by atoms with Crippen LogP contribution in [0, 0.1) is 5.82 Å². The van der Waals surface area contributed by atoms with Gasteiger partial charge in [0.1, 0.15) is 5.82 Å². The largest absolute Gasteiger partial charge is 0.365 e. The molecule has 4 heteroatoms. The zero-order valence-corrected chi connectivity index (χ0v) is 11.8. The van der Waals surface area contributed by atoms with Crippen LogP contribution in [0.3, 0.4) is 0 Å². The second-order valence-electron chi connectivity index (χ2n) is 5.22. The lowest BCUT2D eigenvalue weighted by molar-refractivity contribution is 0.597. The van der Waals surface area contributed by atoms with E-state index in [-0.39, 0.29) is 16.9 Å². The van der Waals surface area contributed by atoms with Crippen molar-refractivity contribution in [1.82, 2.24) is 0 Å². The van der Waals surface area contributed by atoms with Crippen LogP contribution in [-0.2, 0) is 13.0 Å². The van der Waals surface area contributed by atoms with Gasteiger partial charge in [0, 0.05) is 24.8 Å². The Hall–Kier alpha value is -1.58. The quantitative estimate of drug-likeness (QED) is 0.919. The smallest absolute Gasteiger partial charge is 0.141 e. The summed E-state index contributed by atoms with van der Waals surface area (Å²) in [5.41, 5.74) is 9.57. The molecule has 1 heterocycles. The van der Waals surface area contributed by atoms with E-state index in [2.05, 4.69) is 17.0 Å². The molecule has 3 rings (SSSR count). The van der Waals surface area contributed by atoms with E-state index in [1.54, 1.807) is 12.1 Å². The zero-order chi connectivity index (χ0) is 14.1. The van der Waals surface area contributed by atoms with Gasteiger partial charge in [-0.25, -0.2) is 4.39 Å². The molecule has 104 valence electrons. The normalized spacial score (nSPS) is 17.9. The maximum absolute atomic E-state index is 13.2. The summed E-state index contributed by atoms with van der Waals surface area (Å²) >= 11 is 5.84. The van der Waals surface area contributed by atoms with Crippen LogP contribution in [0.25, 0.3) is 0 Å².